The molecule has 3 heterocycles. The molecule has 0 bridgehead atoms. The Morgan fingerprint density at radius 3 is 2.46 bits per heavy atom. The van der Waals surface area contributed by atoms with Gasteiger partial charge in [-0.25, -0.2) is 0 Å². The topological polar surface area (TPSA) is 103 Å². The Morgan fingerprint density at radius 1 is 1.08 bits per heavy atom. The van der Waals surface area contributed by atoms with Gasteiger partial charge in [0.05, 0.1) is 12.2 Å². The van der Waals surface area contributed by atoms with Crippen LogP contribution >= 0.6 is 11.3 Å². The molecular weight excluding hydrogens is 511 g/mol. The van der Waals surface area contributed by atoms with Gasteiger partial charge in [0, 0.05) is 44.8 Å². The van der Waals surface area contributed by atoms with Crippen LogP contribution in [0.25, 0.3) is 0 Å². The fourth-order valence-electron chi connectivity index (χ4n) is 4.14. The maximum atomic E-state index is 12.9. The van der Waals surface area contributed by atoms with Crippen molar-refractivity contribution in [2.75, 3.05) is 68.4 Å². The Bertz CT molecular complexity index is 1100. The molecule has 1 aromatic heterocycles. The first-order valence-corrected chi connectivity index (χ1v) is 12.9. The largest absolute Gasteiger partial charge is 0.573 e. The van der Waals surface area contributed by atoms with E-state index in [0.29, 0.717) is 24.1 Å². The number of piperidine rings is 1. The second-order valence-electron chi connectivity index (χ2n) is 9.40. The van der Waals surface area contributed by atoms with E-state index in [-0.39, 0.29) is 22.9 Å². The van der Waals surface area contributed by atoms with Crippen LogP contribution in [-0.2, 0) is 4.79 Å². The molecule has 0 unspecified atom stereocenters. The number of amides is 2. The molecule has 0 saturated carbocycles. The Balaban J connectivity index is 1.44. The van der Waals surface area contributed by atoms with Gasteiger partial charge in [0.15, 0.2) is 5.75 Å². The molecule has 2 saturated heterocycles. The summed E-state index contributed by atoms with van der Waals surface area (Å²) in [4.78, 5) is 31.6. The highest BCUT2D eigenvalue weighted by atomic mass is 32.1. The molecule has 2 N–H and O–H groups in total. The first-order valence-electron chi connectivity index (χ1n) is 12.1. The molecule has 37 heavy (non-hydrogen) atoms. The first-order chi connectivity index (χ1) is 17.6. The maximum absolute atomic E-state index is 12.9. The lowest BCUT2D eigenvalue weighted by Gasteiger charge is -2.31. The number of aromatic nitrogens is 2. The second-order valence-corrected chi connectivity index (χ2v) is 10.4. The molecule has 2 fully saturated rings. The summed E-state index contributed by atoms with van der Waals surface area (Å²) >= 11 is 1.23. The van der Waals surface area contributed by atoms with E-state index in [4.69, 9.17) is 0 Å². The van der Waals surface area contributed by atoms with Gasteiger partial charge in [0.2, 0.25) is 16.2 Å². The highest BCUT2D eigenvalue weighted by Gasteiger charge is 2.33. The van der Waals surface area contributed by atoms with Gasteiger partial charge in [0.1, 0.15) is 0 Å². The van der Waals surface area contributed by atoms with Gasteiger partial charge in [-0.05, 0) is 44.0 Å². The standard InChI is InChI=1S/C23H30F3N7O3S/c1-15-5-7-33(8-6-15)22-30-29-21(37-22)28-20(35)16-3-4-18(36-23(24,25)26)17(13-16)27-19(34)14-32-11-9-31(2)10-12-32/h3-4,13,15H,5-12,14H2,1-2H3,(H,27,34)(H,28,29,35). The minimum Gasteiger partial charge on any atom is -0.404 e. The zero-order valence-corrected chi connectivity index (χ0v) is 21.5. The van der Waals surface area contributed by atoms with Crippen molar-refractivity contribution in [1.29, 1.82) is 0 Å². The molecule has 0 radical (unpaired) electrons. The van der Waals surface area contributed by atoms with Gasteiger partial charge in [-0.2, -0.15) is 0 Å². The van der Waals surface area contributed by atoms with E-state index in [1.165, 1.54) is 17.4 Å². The number of halogens is 3. The lowest BCUT2D eigenvalue weighted by Crippen LogP contribution is -2.47. The fourth-order valence-corrected chi connectivity index (χ4v) is 4.94. The second kappa shape index (κ2) is 11.6. The van der Waals surface area contributed by atoms with Crippen molar-refractivity contribution in [3.8, 4) is 5.75 Å². The summed E-state index contributed by atoms with van der Waals surface area (Å²) in [6, 6.07) is 3.36. The fraction of sp³-hybridized carbons (Fsp3) is 0.565. The highest BCUT2D eigenvalue weighted by Crippen LogP contribution is 2.32. The summed E-state index contributed by atoms with van der Waals surface area (Å²) < 4.78 is 42.9. The molecule has 4 rings (SSSR count). The van der Waals surface area contributed by atoms with Crippen LogP contribution in [-0.4, -0.2) is 91.0 Å². The number of anilines is 3. The van der Waals surface area contributed by atoms with Gasteiger partial charge in [-0.3, -0.25) is 19.8 Å². The number of carbonyl (C=O) groups is 2. The van der Waals surface area contributed by atoms with Crippen LogP contribution in [0, 0.1) is 5.92 Å². The van der Waals surface area contributed by atoms with Crippen LogP contribution in [0.2, 0.25) is 0 Å². The van der Waals surface area contributed by atoms with Crippen LogP contribution < -0.4 is 20.3 Å². The third-order valence-electron chi connectivity index (χ3n) is 6.39. The van der Waals surface area contributed by atoms with E-state index < -0.39 is 23.9 Å². The summed E-state index contributed by atoms with van der Waals surface area (Å²) in [5.74, 6) is -1.04. The quantitative estimate of drug-likeness (QED) is 0.552. The molecule has 0 aliphatic carbocycles. The van der Waals surface area contributed by atoms with Crippen molar-refractivity contribution in [2.45, 2.75) is 26.1 Å². The highest BCUT2D eigenvalue weighted by molar-refractivity contribution is 7.19. The van der Waals surface area contributed by atoms with Gasteiger partial charge in [-0.1, -0.05) is 18.3 Å². The number of carbonyl (C=O) groups excluding carboxylic acids is 2. The van der Waals surface area contributed by atoms with Crippen LogP contribution in [0.1, 0.15) is 30.1 Å². The number of likely N-dealkylation sites (N-methyl/N-ethyl adjacent to an activating group) is 1. The molecular formula is C23H30F3N7O3S. The molecule has 0 spiro atoms. The number of ether oxygens (including phenoxy) is 1. The minimum absolute atomic E-state index is 0.0125. The van der Waals surface area contributed by atoms with Crippen LogP contribution in [0.4, 0.5) is 29.1 Å². The Morgan fingerprint density at radius 2 is 1.78 bits per heavy atom. The normalized spacial score (nSPS) is 18.0. The smallest absolute Gasteiger partial charge is 0.404 e. The summed E-state index contributed by atoms with van der Waals surface area (Å²) in [6.07, 6.45) is -2.86. The third-order valence-corrected chi connectivity index (χ3v) is 7.29. The first kappa shape index (κ1) is 27.1. The van der Waals surface area contributed by atoms with Crippen molar-refractivity contribution in [1.82, 2.24) is 20.0 Å². The molecule has 0 atom stereocenters. The Labute approximate surface area is 216 Å². The number of hydrogen-bond acceptors (Lipinski definition) is 9. The van der Waals surface area contributed by atoms with E-state index in [2.05, 4.69) is 42.3 Å². The molecule has 2 aromatic rings. The monoisotopic (exact) mass is 541 g/mol. The van der Waals surface area contributed by atoms with E-state index in [9.17, 15) is 22.8 Å². The minimum atomic E-state index is -4.96. The van der Waals surface area contributed by atoms with E-state index in [0.717, 1.165) is 51.2 Å². The van der Waals surface area contributed by atoms with Crippen LogP contribution in [0.5, 0.6) is 5.75 Å². The predicted octanol–water partition coefficient (Wildman–Crippen LogP) is 3.11. The van der Waals surface area contributed by atoms with E-state index in [1.54, 1.807) is 0 Å². The van der Waals surface area contributed by atoms with Crippen molar-refractivity contribution >= 4 is 39.1 Å². The average molecular weight is 542 g/mol. The number of rotatable bonds is 7. The summed E-state index contributed by atoms with van der Waals surface area (Å²) in [7, 11) is 1.98. The lowest BCUT2D eigenvalue weighted by molar-refractivity contribution is -0.274. The van der Waals surface area contributed by atoms with Gasteiger partial charge in [-0.15, -0.1) is 23.4 Å². The van der Waals surface area contributed by atoms with Crippen LogP contribution in [0.15, 0.2) is 18.2 Å². The van der Waals surface area contributed by atoms with Crippen LogP contribution in [0.3, 0.4) is 0 Å². The molecule has 202 valence electrons. The molecule has 2 aliphatic heterocycles. The number of nitrogens with one attached hydrogen (secondary N) is 2. The van der Waals surface area contributed by atoms with Crippen molar-refractivity contribution < 1.29 is 27.5 Å². The maximum Gasteiger partial charge on any atom is 0.573 e. The predicted molar refractivity (Wildman–Crippen MR) is 134 cm³/mol. The summed E-state index contributed by atoms with van der Waals surface area (Å²) in [5.41, 5.74) is -0.211. The number of piperazine rings is 1. The van der Waals surface area contributed by atoms with Crippen molar-refractivity contribution in [3.63, 3.8) is 0 Å². The SMILES string of the molecule is CC1CCN(c2nnc(NC(=O)c3ccc(OC(F)(F)F)c(NC(=O)CN4CCN(C)CC4)c3)s2)CC1. The number of benzene rings is 1. The molecule has 2 amide bonds. The van der Waals surface area contributed by atoms with E-state index >= 15 is 0 Å². The zero-order valence-electron chi connectivity index (χ0n) is 20.7. The molecule has 2 aliphatic rings. The van der Waals surface area contributed by atoms with Crippen molar-refractivity contribution in [2.24, 2.45) is 5.92 Å². The third kappa shape index (κ3) is 7.76. The van der Waals surface area contributed by atoms with Gasteiger partial charge >= 0.3 is 6.36 Å². The number of hydrogen-bond donors (Lipinski definition) is 2. The Hall–Kier alpha value is -2.97. The lowest BCUT2D eigenvalue weighted by atomic mass is 10.00. The van der Waals surface area contributed by atoms with Gasteiger partial charge in [0.25, 0.3) is 5.91 Å². The summed E-state index contributed by atoms with van der Waals surface area (Å²) in [5, 5.41) is 14.3. The zero-order chi connectivity index (χ0) is 26.6. The molecule has 14 heteroatoms. The van der Waals surface area contributed by atoms with E-state index in [1.807, 2.05) is 11.9 Å². The number of alkyl halides is 3. The average Bonchev–Trinajstić information content (AvgIpc) is 3.29. The molecule has 1 aromatic carbocycles. The Kier molecular flexibility index (Phi) is 8.49. The summed E-state index contributed by atoms with van der Waals surface area (Å²) in [6.45, 7) is 6.85. The number of nitrogens with zero attached hydrogens (tertiary/aromatic N) is 5. The molecule has 10 nitrogen and oxygen atoms in total. The van der Waals surface area contributed by atoms with Crippen molar-refractivity contribution in [3.05, 3.63) is 23.8 Å². The van der Waals surface area contributed by atoms with Gasteiger partial charge < -0.3 is 19.9 Å².